The zero-order valence-corrected chi connectivity index (χ0v) is 25.0. The molecule has 4 aliphatic rings. The van der Waals surface area contributed by atoms with E-state index in [1.165, 1.54) is 51.4 Å². The maximum Gasteiger partial charge on any atom is 0.200 e. The van der Waals surface area contributed by atoms with Crippen LogP contribution in [0.4, 0.5) is 0 Å². The minimum absolute atomic E-state index is 0.359. The Morgan fingerprint density at radius 2 is 1.56 bits per heavy atom. The molecule has 2 nitrogen and oxygen atoms in total. The van der Waals surface area contributed by atoms with Crippen LogP contribution in [0.3, 0.4) is 0 Å². The summed E-state index contributed by atoms with van der Waals surface area (Å²) in [5, 5.41) is 9.92. The molecule has 0 unspecified atom stereocenters. The van der Waals surface area contributed by atoms with Gasteiger partial charge >= 0.3 is 0 Å². The third-order valence-electron chi connectivity index (χ3n) is 12.2. The van der Waals surface area contributed by atoms with E-state index in [1.54, 1.807) is 5.57 Å². The lowest BCUT2D eigenvalue weighted by molar-refractivity contribution is -0.0593. The zero-order valence-electron chi connectivity index (χ0n) is 24.0. The maximum atomic E-state index is 9.92. The van der Waals surface area contributed by atoms with Gasteiger partial charge < -0.3 is 9.53 Å². The summed E-state index contributed by atoms with van der Waals surface area (Å²) in [5.74, 6) is 3.74. The van der Waals surface area contributed by atoms with Crippen LogP contribution in [0.15, 0.2) is 11.6 Å². The Morgan fingerprint density at radius 3 is 2.15 bits per heavy atom. The van der Waals surface area contributed by atoms with Crippen molar-refractivity contribution in [2.45, 2.75) is 136 Å². The summed E-state index contributed by atoms with van der Waals surface area (Å²) in [5.41, 5.74) is 4.59. The minimum atomic E-state index is -1.83. The fourth-order valence-corrected chi connectivity index (χ4v) is 16.1. The van der Waals surface area contributed by atoms with Gasteiger partial charge in [0, 0.05) is 12.7 Å². The Balaban J connectivity index is 1.54. The van der Waals surface area contributed by atoms with E-state index < -0.39 is 8.32 Å². The molecule has 0 aliphatic heterocycles. The first-order valence-electron chi connectivity index (χ1n) is 14.9. The molecule has 0 aromatic carbocycles. The van der Waals surface area contributed by atoms with Gasteiger partial charge in [0.05, 0.1) is 0 Å². The molecule has 34 heavy (non-hydrogen) atoms. The van der Waals surface area contributed by atoms with Gasteiger partial charge in [-0.3, -0.25) is 0 Å². The van der Waals surface area contributed by atoms with Crippen molar-refractivity contribution in [1.82, 2.24) is 0 Å². The zero-order chi connectivity index (χ0) is 25.1. The largest absolute Gasteiger partial charge is 0.413 e. The molecule has 0 radical (unpaired) electrons. The molecule has 0 saturated heterocycles. The van der Waals surface area contributed by atoms with Crippen LogP contribution in [-0.2, 0) is 4.43 Å². The van der Waals surface area contributed by atoms with E-state index in [2.05, 4.69) is 68.4 Å². The molecule has 4 rings (SSSR count). The molecule has 0 aromatic heterocycles. The molecule has 3 fully saturated rings. The number of allylic oxidation sites excluding steroid dienone is 1. The Labute approximate surface area is 212 Å². The SMILES string of the molecule is CC(C)[Si](O[C@H]1CC[C@@]2(C)C(=CC[C@H]3[C@@H]4CC[C@H]([C@H](C)CO)[C@@]4(C)CC[C@@H]32)C1)(C(C)C)C(C)C. The molecule has 0 aromatic rings. The van der Waals surface area contributed by atoms with Crippen molar-refractivity contribution in [2.24, 2.45) is 40.4 Å². The topological polar surface area (TPSA) is 29.5 Å². The third-order valence-corrected chi connectivity index (χ3v) is 18.3. The molecular formula is C31H56O2Si. The summed E-state index contributed by atoms with van der Waals surface area (Å²) in [6.45, 7) is 22.4. The highest BCUT2D eigenvalue weighted by Gasteiger charge is 2.59. The fourth-order valence-electron chi connectivity index (χ4n) is 10.5. The number of hydrogen-bond acceptors (Lipinski definition) is 2. The minimum Gasteiger partial charge on any atom is -0.413 e. The first kappa shape index (κ1) is 26.9. The van der Waals surface area contributed by atoms with Crippen LogP contribution in [-0.4, -0.2) is 26.1 Å². The highest BCUT2D eigenvalue weighted by molar-refractivity contribution is 6.77. The third kappa shape index (κ3) is 4.03. The van der Waals surface area contributed by atoms with E-state index in [9.17, 15) is 5.11 Å². The monoisotopic (exact) mass is 488 g/mol. The van der Waals surface area contributed by atoms with E-state index in [-0.39, 0.29) is 0 Å². The number of hydrogen-bond donors (Lipinski definition) is 1. The second-order valence-electron chi connectivity index (χ2n) is 14.4. The van der Waals surface area contributed by atoms with Gasteiger partial charge in [0.15, 0.2) is 0 Å². The second kappa shape index (κ2) is 9.64. The summed E-state index contributed by atoms with van der Waals surface area (Å²) in [6.07, 6.45) is 13.7. The van der Waals surface area contributed by atoms with E-state index in [1.807, 2.05) is 0 Å². The summed E-state index contributed by atoms with van der Waals surface area (Å²) in [6, 6.07) is 0. The van der Waals surface area contributed by atoms with Gasteiger partial charge in [0.1, 0.15) is 0 Å². The number of fused-ring (bicyclic) bond motifs is 5. The second-order valence-corrected chi connectivity index (χ2v) is 19.9. The van der Waals surface area contributed by atoms with Crippen molar-refractivity contribution in [2.75, 3.05) is 6.61 Å². The Morgan fingerprint density at radius 1 is 0.912 bits per heavy atom. The van der Waals surface area contributed by atoms with Crippen LogP contribution in [0.1, 0.15) is 114 Å². The Kier molecular flexibility index (Phi) is 7.63. The molecule has 0 spiro atoms. The molecule has 4 aliphatic carbocycles. The predicted octanol–water partition coefficient (Wildman–Crippen LogP) is 8.75. The Hall–Kier alpha value is -0.123. The van der Waals surface area contributed by atoms with Crippen molar-refractivity contribution >= 4 is 8.32 Å². The highest BCUT2D eigenvalue weighted by Crippen LogP contribution is 2.67. The van der Waals surface area contributed by atoms with Gasteiger partial charge in [-0.1, -0.05) is 74.0 Å². The molecule has 8 atom stereocenters. The van der Waals surface area contributed by atoms with E-state index >= 15 is 0 Å². The van der Waals surface area contributed by atoms with Gasteiger partial charge in [-0.05, 0) is 108 Å². The average Bonchev–Trinajstić information content (AvgIpc) is 3.13. The van der Waals surface area contributed by atoms with Crippen LogP contribution in [0.5, 0.6) is 0 Å². The molecule has 0 amide bonds. The van der Waals surface area contributed by atoms with Crippen LogP contribution in [0.25, 0.3) is 0 Å². The molecule has 3 heteroatoms. The van der Waals surface area contributed by atoms with E-state index in [0.29, 0.717) is 52.0 Å². The van der Waals surface area contributed by atoms with Gasteiger partial charge in [-0.2, -0.15) is 0 Å². The smallest absolute Gasteiger partial charge is 0.200 e. The molecule has 3 saturated carbocycles. The van der Waals surface area contributed by atoms with Gasteiger partial charge in [-0.15, -0.1) is 0 Å². The lowest BCUT2D eigenvalue weighted by Crippen LogP contribution is -2.53. The number of aliphatic hydroxyl groups is 1. The standard InChI is InChI=1S/C31H56O2Si/c1-20(2)34(21(3)4,22(5)6)33-25-14-16-30(8)24(18-25)10-11-26-28-13-12-27(23(7)19-32)31(28,9)17-15-29(26)30/h10,20-23,25-29,32H,11-19H2,1-9H3/t23-,25+,26+,27-,28+,29+,30+,31-/m1/s1. The van der Waals surface area contributed by atoms with Crippen LogP contribution in [0, 0.1) is 40.4 Å². The maximum absolute atomic E-state index is 9.92. The lowest BCUT2D eigenvalue weighted by atomic mass is 9.47. The van der Waals surface area contributed by atoms with Crippen LogP contribution in [0.2, 0.25) is 16.6 Å². The number of aliphatic hydroxyl groups excluding tert-OH is 1. The first-order chi connectivity index (χ1) is 15.9. The highest BCUT2D eigenvalue weighted by atomic mass is 28.4. The van der Waals surface area contributed by atoms with E-state index in [4.69, 9.17) is 4.43 Å². The summed E-state index contributed by atoms with van der Waals surface area (Å²) in [4.78, 5) is 0. The summed E-state index contributed by atoms with van der Waals surface area (Å²) >= 11 is 0. The van der Waals surface area contributed by atoms with Crippen molar-refractivity contribution in [3.05, 3.63) is 11.6 Å². The molecule has 1 N–H and O–H groups in total. The van der Waals surface area contributed by atoms with Crippen molar-refractivity contribution < 1.29 is 9.53 Å². The summed E-state index contributed by atoms with van der Waals surface area (Å²) in [7, 11) is -1.83. The summed E-state index contributed by atoms with van der Waals surface area (Å²) < 4.78 is 7.31. The van der Waals surface area contributed by atoms with Crippen molar-refractivity contribution in [1.29, 1.82) is 0 Å². The quantitative estimate of drug-likeness (QED) is 0.287. The van der Waals surface area contributed by atoms with Crippen molar-refractivity contribution in [3.8, 4) is 0 Å². The van der Waals surface area contributed by atoms with Crippen molar-refractivity contribution in [3.63, 3.8) is 0 Å². The lowest BCUT2D eigenvalue weighted by Gasteiger charge is -2.59. The molecular weight excluding hydrogens is 432 g/mol. The molecule has 0 heterocycles. The number of rotatable bonds is 7. The van der Waals surface area contributed by atoms with Gasteiger partial charge in [0.2, 0.25) is 8.32 Å². The van der Waals surface area contributed by atoms with Crippen LogP contribution < -0.4 is 0 Å². The van der Waals surface area contributed by atoms with Gasteiger partial charge in [-0.25, -0.2) is 0 Å². The van der Waals surface area contributed by atoms with Crippen LogP contribution >= 0.6 is 0 Å². The molecule has 196 valence electrons. The average molecular weight is 489 g/mol. The van der Waals surface area contributed by atoms with Gasteiger partial charge in [0.25, 0.3) is 0 Å². The molecule has 0 bridgehead atoms. The predicted molar refractivity (Wildman–Crippen MR) is 147 cm³/mol. The fraction of sp³-hybridized carbons (Fsp3) is 0.935. The Bertz CT molecular complexity index is 735. The van der Waals surface area contributed by atoms with E-state index in [0.717, 1.165) is 17.8 Å². The normalized spacial score (nSPS) is 41.3. The first-order valence-corrected chi connectivity index (χ1v) is 17.0.